The Morgan fingerprint density at radius 2 is 2.04 bits per heavy atom. The number of amides is 1. The second-order valence-electron chi connectivity index (χ2n) is 8.04. The van der Waals surface area contributed by atoms with Crippen molar-refractivity contribution in [3.05, 3.63) is 0 Å². The monoisotopic (exact) mass is 385 g/mol. The number of quaternary nitrogens is 1. The summed E-state index contributed by atoms with van der Waals surface area (Å²) < 4.78 is 11.3. The van der Waals surface area contributed by atoms with E-state index in [0.717, 1.165) is 44.5 Å². The Hall–Kier alpha value is -0.380. The first kappa shape index (κ1) is 19.0. The van der Waals surface area contributed by atoms with E-state index in [1.165, 1.54) is 0 Å². The van der Waals surface area contributed by atoms with Crippen LogP contribution in [0.5, 0.6) is 0 Å². The molecule has 0 aromatic carbocycles. The smallest absolute Gasteiger partial charge is 0.236 e. The van der Waals surface area contributed by atoms with Crippen LogP contribution in [-0.2, 0) is 14.3 Å². The lowest BCUT2D eigenvalue weighted by molar-refractivity contribution is -0.841. The molecule has 0 spiro atoms. The molecule has 148 valence electrons. The summed E-state index contributed by atoms with van der Waals surface area (Å²) >= 11 is 1.73. The van der Waals surface area contributed by atoms with Crippen LogP contribution in [0.1, 0.15) is 25.7 Å². The number of methoxy groups -OCH3 is 2. The zero-order chi connectivity index (χ0) is 18.3. The highest BCUT2D eigenvalue weighted by atomic mass is 32.2. The molecule has 1 amide bonds. The summed E-state index contributed by atoms with van der Waals surface area (Å²) in [7, 11) is 3.48. The second-order valence-corrected chi connectivity index (χ2v) is 9.27. The van der Waals surface area contributed by atoms with Gasteiger partial charge in [-0.25, -0.2) is 0 Å². The van der Waals surface area contributed by atoms with E-state index >= 15 is 0 Å². The van der Waals surface area contributed by atoms with E-state index < -0.39 is 12.1 Å². The van der Waals surface area contributed by atoms with Crippen LogP contribution in [0, 0.1) is 17.8 Å². The van der Waals surface area contributed by atoms with Gasteiger partial charge in [0.1, 0.15) is 0 Å². The fraction of sp³-hybridized carbons (Fsp3) is 0.944. The third-order valence-corrected chi connectivity index (χ3v) is 8.10. The molecular formula is C18H31N3O4S. The first-order valence-corrected chi connectivity index (χ1v) is 10.9. The molecule has 3 heterocycles. The van der Waals surface area contributed by atoms with Gasteiger partial charge in [0.15, 0.2) is 0 Å². The van der Waals surface area contributed by atoms with Gasteiger partial charge in [0.25, 0.3) is 0 Å². The number of carbonyl (C=O) groups is 1. The molecule has 3 saturated heterocycles. The fourth-order valence-corrected chi connectivity index (χ4v) is 6.70. The number of carbonyl (C=O) groups excluding carboxylic acids is 1. The lowest BCUT2D eigenvalue weighted by Gasteiger charge is -2.53. The Kier molecular flexibility index (Phi) is 5.78. The quantitative estimate of drug-likeness (QED) is 0.617. The van der Waals surface area contributed by atoms with Gasteiger partial charge in [-0.3, -0.25) is 9.69 Å². The molecule has 8 unspecified atom stereocenters. The molecule has 4 fully saturated rings. The first-order valence-electron chi connectivity index (χ1n) is 9.86. The minimum Gasteiger partial charge on any atom is -0.806 e. The van der Waals surface area contributed by atoms with E-state index in [2.05, 4.69) is 5.32 Å². The number of nitrogens with two attached hydrogens (primary N) is 1. The van der Waals surface area contributed by atoms with E-state index in [1.54, 1.807) is 26.0 Å². The molecule has 1 aliphatic carbocycles. The number of rotatable bonds is 3. The van der Waals surface area contributed by atoms with Crippen molar-refractivity contribution in [1.29, 1.82) is 0 Å². The van der Waals surface area contributed by atoms with Crippen molar-refractivity contribution in [3.63, 3.8) is 0 Å². The summed E-state index contributed by atoms with van der Waals surface area (Å²) in [6.45, 7) is 1.65. The van der Waals surface area contributed by atoms with Crippen LogP contribution in [0.3, 0.4) is 0 Å². The average molecular weight is 386 g/mol. The van der Waals surface area contributed by atoms with Crippen molar-refractivity contribution in [2.24, 2.45) is 17.8 Å². The third kappa shape index (κ3) is 3.29. The van der Waals surface area contributed by atoms with Crippen LogP contribution < -0.4 is 15.7 Å². The number of piperidine rings is 1. The average Bonchev–Trinajstić information content (AvgIpc) is 2.67. The van der Waals surface area contributed by atoms with Gasteiger partial charge >= 0.3 is 0 Å². The number of hydrogen-bond donors (Lipinski definition) is 2. The highest BCUT2D eigenvalue weighted by Gasteiger charge is 2.51. The van der Waals surface area contributed by atoms with Crippen molar-refractivity contribution >= 4 is 17.7 Å². The fourth-order valence-electron chi connectivity index (χ4n) is 5.51. The zero-order valence-corrected chi connectivity index (χ0v) is 16.5. The van der Waals surface area contributed by atoms with Crippen molar-refractivity contribution in [2.75, 3.05) is 33.1 Å². The molecule has 26 heavy (non-hydrogen) atoms. The predicted octanol–water partition coefficient (Wildman–Crippen LogP) is -1.47. The number of ether oxygens (including phenoxy) is 2. The maximum absolute atomic E-state index is 13.2. The second kappa shape index (κ2) is 7.93. The molecule has 0 aromatic heterocycles. The number of thioether (sulfide) groups is 1. The molecule has 3 N–H and O–H groups in total. The van der Waals surface area contributed by atoms with Gasteiger partial charge < -0.3 is 25.2 Å². The van der Waals surface area contributed by atoms with Crippen molar-refractivity contribution in [2.45, 2.75) is 55.7 Å². The van der Waals surface area contributed by atoms with Crippen LogP contribution in [0.25, 0.3) is 0 Å². The third-order valence-electron chi connectivity index (χ3n) is 6.82. The standard InChI is InChI=1S/C18H30N3O4S/c1-24-12-8-10-4-5-19-15(11(10)9-13(12)25-2)14-16(22)20-18-21(17(14)23)6-3-7-26-18/h10-16,18-20H,3-9H2,1-2H3/q-1/p+1. The molecule has 1 saturated carbocycles. The van der Waals surface area contributed by atoms with E-state index in [4.69, 9.17) is 9.47 Å². The largest absolute Gasteiger partial charge is 0.806 e. The molecule has 0 aromatic rings. The van der Waals surface area contributed by atoms with Gasteiger partial charge in [-0.1, -0.05) is 11.8 Å². The van der Waals surface area contributed by atoms with Crippen LogP contribution >= 0.6 is 11.8 Å². The molecule has 8 heteroatoms. The summed E-state index contributed by atoms with van der Waals surface area (Å²) in [5.74, 6) is 1.39. The van der Waals surface area contributed by atoms with E-state index in [1.807, 2.05) is 10.2 Å². The molecule has 4 rings (SSSR count). The topological polar surface area (TPSA) is 90.5 Å². The molecule has 0 radical (unpaired) electrons. The Morgan fingerprint density at radius 3 is 2.81 bits per heavy atom. The van der Waals surface area contributed by atoms with Crippen LogP contribution in [0.15, 0.2) is 0 Å². The normalized spacial score (nSPS) is 46.6. The van der Waals surface area contributed by atoms with Gasteiger partial charge in [0.05, 0.1) is 18.1 Å². The summed E-state index contributed by atoms with van der Waals surface area (Å²) in [4.78, 5) is 15.1. The molecule has 8 atom stereocenters. The Bertz CT molecular complexity index is 525. The Balaban J connectivity index is 1.55. The SMILES string of the molecule is COC1CC2CCNC(C3C(=O)N4CCCSC4[NH2+]C3[O-])C2CC1OC. The van der Waals surface area contributed by atoms with Gasteiger partial charge in [0, 0.05) is 38.8 Å². The molecule has 7 nitrogen and oxygen atoms in total. The minimum absolute atomic E-state index is 0.0228. The maximum atomic E-state index is 13.2. The lowest BCUT2D eigenvalue weighted by Crippen LogP contribution is -3.05. The minimum atomic E-state index is -0.924. The van der Waals surface area contributed by atoms with Crippen LogP contribution in [0.2, 0.25) is 0 Å². The molecule has 0 bridgehead atoms. The van der Waals surface area contributed by atoms with E-state index in [-0.39, 0.29) is 29.7 Å². The highest BCUT2D eigenvalue weighted by Crippen LogP contribution is 2.42. The number of nitrogens with one attached hydrogen (secondary N) is 1. The van der Waals surface area contributed by atoms with Crippen molar-refractivity contribution < 1.29 is 24.7 Å². The lowest BCUT2D eigenvalue weighted by atomic mass is 9.66. The summed E-state index contributed by atoms with van der Waals surface area (Å²) in [5, 5.41) is 18.4. The summed E-state index contributed by atoms with van der Waals surface area (Å²) in [6, 6.07) is -0.0525. The van der Waals surface area contributed by atoms with Crippen LogP contribution in [0.4, 0.5) is 0 Å². The number of hydrogen-bond acceptors (Lipinski definition) is 6. The highest BCUT2D eigenvalue weighted by molar-refractivity contribution is 7.99. The summed E-state index contributed by atoms with van der Waals surface area (Å²) in [5.41, 5.74) is -0.0228. The Labute approximate surface area is 159 Å². The summed E-state index contributed by atoms with van der Waals surface area (Å²) in [6.07, 6.45) is 3.12. The van der Waals surface area contributed by atoms with Crippen molar-refractivity contribution in [1.82, 2.24) is 10.2 Å². The number of fused-ring (bicyclic) bond motifs is 2. The zero-order valence-electron chi connectivity index (χ0n) is 15.6. The van der Waals surface area contributed by atoms with Gasteiger partial charge in [-0.15, -0.1) is 0 Å². The molecular weight excluding hydrogens is 354 g/mol. The van der Waals surface area contributed by atoms with Gasteiger partial charge in [-0.05, 0) is 44.1 Å². The number of nitrogens with zero attached hydrogens (tertiary/aromatic N) is 1. The Morgan fingerprint density at radius 1 is 1.27 bits per heavy atom. The molecule has 4 aliphatic rings. The first-order chi connectivity index (χ1) is 12.6. The van der Waals surface area contributed by atoms with Crippen LogP contribution in [-0.4, -0.2) is 73.8 Å². The van der Waals surface area contributed by atoms with Gasteiger partial charge in [0.2, 0.25) is 11.4 Å². The van der Waals surface area contributed by atoms with E-state index in [0.29, 0.717) is 11.8 Å². The van der Waals surface area contributed by atoms with Crippen molar-refractivity contribution in [3.8, 4) is 0 Å². The maximum Gasteiger partial charge on any atom is 0.236 e. The van der Waals surface area contributed by atoms with E-state index in [9.17, 15) is 9.90 Å². The predicted molar refractivity (Wildman–Crippen MR) is 96.0 cm³/mol. The van der Waals surface area contributed by atoms with Gasteiger partial charge in [-0.2, -0.15) is 0 Å². The molecule has 3 aliphatic heterocycles.